The van der Waals surface area contributed by atoms with Gasteiger partial charge in [-0.3, -0.25) is 39.9 Å². The molecule has 12 aromatic rings. The third kappa shape index (κ3) is 39.6. The molecular formula is C76H76Cu4N8O18. The summed E-state index contributed by atoms with van der Waals surface area (Å²) < 4.78 is 0. The topological polar surface area (TPSA) is 543 Å². The van der Waals surface area contributed by atoms with E-state index in [4.69, 9.17) is 0 Å². The predicted molar refractivity (Wildman–Crippen MR) is 381 cm³/mol. The summed E-state index contributed by atoms with van der Waals surface area (Å²) in [6.07, 6.45) is 12.3. The number of aryl methyl sites for hydroxylation is 4. The first-order valence-electron chi connectivity index (χ1n) is 29.4. The zero-order valence-electron chi connectivity index (χ0n) is 56.9. The summed E-state index contributed by atoms with van der Waals surface area (Å²) in [7, 11) is 0. The fourth-order valence-corrected chi connectivity index (χ4v) is 8.18. The average molecular weight is 1640 g/mol. The maximum atomic E-state index is 11.0. The smallest absolute Gasteiger partial charge is 0.872 e. The van der Waals surface area contributed by atoms with Crippen LogP contribution in [0.3, 0.4) is 0 Å². The van der Waals surface area contributed by atoms with Crippen molar-refractivity contribution in [2.24, 2.45) is 20.0 Å². The minimum Gasteiger partial charge on any atom is -0.872 e. The number of carboxylic acid groups (broad SMARTS) is 4. The molecule has 0 saturated heterocycles. The predicted octanol–water partition coefficient (Wildman–Crippen LogP) is 0.931. The largest absolute Gasteiger partial charge is 2.00 e. The molecule has 4 radical (unpaired) electrons. The maximum Gasteiger partial charge on any atom is 2.00 e. The number of pyridine rings is 4. The number of para-hydroxylation sites is 8. The third-order valence-corrected chi connectivity index (χ3v) is 12.9. The number of carboxylic acids is 4. The molecule has 4 aromatic heterocycles. The van der Waals surface area contributed by atoms with Crippen LogP contribution in [-0.4, -0.2) is 128 Å². The summed E-state index contributed by atoms with van der Waals surface area (Å²) in [6, 6.07) is 65.8. The molecule has 12 N–H and O–H groups in total. The van der Waals surface area contributed by atoms with Gasteiger partial charge in [0.15, 0.2) is 0 Å². The molecule has 0 saturated carbocycles. The van der Waals surface area contributed by atoms with E-state index in [-0.39, 0.29) is 124 Å². The van der Waals surface area contributed by atoms with Crippen molar-refractivity contribution in [3.8, 4) is 23.0 Å². The Balaban J connectivity index is -0.000000266. The number of hydrogen-bond acceptors (Lipinski definition) is 20. The number of aromatic nitrogens is 4. The van der Waals surface area contributed by atoms with Gasteiger partial charge < -0.3 is 92.9 Å². The van der Waals surface area contributed by atoms with Crippen molar-refractivity contribution in [2.45, 2.75) is 27.7 Å². The number of carbonyl (C=O) groups is 4. The van der Waals surface area contributed by atoms with Crippen LogP contribution >= 0.6 is 0 Å². The van der Waals surface area contributed by atoms with Gasteiger partial charge in [-0.05, 0) is 121 Å². The van der Waals surface area contributed by atoms with Gasteiger partial charge in [-0.2, -0.15) is 0 Å². The standard InChI is InChI=1S/4C10H9N.4C9H9NO3.4Cu.6H2O/c4*1-8-6-7-11-10-5-3-2-4-9(8)10;4*11-8-4-2-1-3-7(8)5-10-6-9(12)13;;;;;;;;;;/h4*2-7H,1H3;4*1-5,11H,6H2,(H,12,13);;;;;6*1H2/q;;;;;;;;4*+2;;;;;;/p-8. The summed E-state index contributed by atoms with van der Waals surface area (Å²) in [5, 5.41) is 89.0. The molecule has 0 amide bonds. The molecule has 12 rings (SSSR count). The normalized spacial score (nSPS) is 9.40. The molecule has 8 aromatic carbocycles. The van der Waals surface area contributed by atoms with E-state index >= 15 is 0 Å². The van der Waals surface area contributed by atoms with Crippen molar-refractivity contribution < 1.29 is 161 Å². The van der Waals surface area contributed by atoms with Crippen LogP contribution in [0, 0.1) is 27.7 Å². The Morgan fingerprint density at radius 2 is 0.434 bits per heavy atom. The molecule has 30 heteroatoms. The molecule has 0 unspecified atom stereocenters. The van der Waals surface area contributed by atoms with E-state index in [0.29, 0.717) is 22.3 Å². The van der Waals surface area contributed by atoms with Crippen LogP contribution < -0.4 is 40.9 Å². The van der Waals surface area contributed by atoms with Gasteiger partial charge in [-0.1, -0.05) is 170 Å². The maximum absolute atomic E-state index is 11.0. The monoisotopic (exact) mass is 1640 g/mol. The molecule has 0 atom stereocenters. The second-order valence-electron chi connectivity index (χ2n) is 20.1. The molecule has 0 bridgehead atoms. The van der Waals surface area contributed by atoms with Crippen molar-refractivity contribution in [1.82, 2.24) is 19.9 Å². The first-order valence-corrected chi connectivity index (χ1v) is 29.4. The number of aliphatic imine (C=N–C) groups is 4. The van der Waals surface area contributed by atoms with Gasteiger partial charge in [0, 0.05) is 71.2 Å². The zero-order chi connectivity index (χ0) is 69.5. The SMILES string of the molecule is Cc1ccnc2ccccc12.Cc1ccnc2ccccc12.Cc1ccnc2ccccc12.Cc1ccnc2ccccc12.O.O.O.O.O.O.O=C([O-])CN=Cc1ccccc1[O-].O=C([O-])CN=Cc1ccccc1[O-].O=C([O-])CN=Cc1ccccc1[O-].O=C([O-])CN=Cc1ccccc1[O-].[Cu+2].[Cu+2].[Cu+2].[Cu+2]. The summed E-state index contributed by atoms with van der Waals surface area (Å²) in [5.74, 6) is -5.76. The Morgan fingerprint density at radius 1 is 0.274 bits per heavy atom. The second-order valence-corrected chi connectivity index (χ2v) is 20.1. The number of nitrogens with zero attached hydrogens (tertiary/aromatic N) is 8. The molecule has 0 aliphatic heterocycles. The van der Waals surface area contributed by atoms with Crippen LogP contribution in [0.5, 0.6) is 23.0 Å². The molecule has 0 aliphatic rings. The van der Waals surface area contributed by atoms with Gasteiger partial charge >= 0.3 is 68.3 Å². The zero-order valence-corrected chi connectivity index (χ0v) is 60.7. The fourth-order valence-electron chi connectivity index (χ4n) is 8.18. The average Bonchev–Trinajstić information content (AvgIpc) is 0.857. The van der Waals surface area contributed by atoms with Crippen molar-refractivity contribution in [2.75, 3.05) is 26.2 Å². The van der Waals surface area contributed by atoms with E-state index in [0.717, 1.165) is 22.1 Å². The van der Waals surface area contributed by atoms with Gasteiger partial charge in [0.05, 0.1) is 72.1 Å². The minimum atomic E-state index is -1.26. The summed E-state index contributed by atoms with van der Waals surface area (Å²) in [4.78, 5) is 70.9. The Labute approximate surface area is 653 Å². The van der Waals surface area contributed by atoms with Gasteiger partial charge in [0.1, 0.15) is 0 Å². The Kier molecular flexibility index (Phi) is 59.4. The van der Waals surface area contributed by atoms with Crippen LogP contribution in [0.2, 0.25) is 0 Å². The first kappa shape index (κ1) is 106. The Morgan fingerprint density at radius 3 is 0.594 bits per heavy atom. The van der Waals surface area contributed by atoms with Crippen LogP contribution in [0.1, 0.15) is 44.5 Å². The fraction of sp³-hybridized carbons (Fsp3) is 0.105. The van der Waals surface area contributed by atoms with E-state index in [1.165, 1.54) is 92.9 Å². The summed E-state index contributed by atoms with van der Waals surface area (Å²) >= 11 is 0. The quantitative estimate of drug-likeness (QED) is 0.121. The first-order chi connectivity index (χ1) is 46.3. The van der Waals surface area contributed by atoms with E-state index in [1.54, 1.807) is 72.8 Å². The van der Waals surface area contributed by atoms with Crippen LogP contribution in [0.4, 0.5) is 0 Å². The Hall–Kier alpha value is -11.0. The summed E-state index contributed by atoms with van der Waals surface area (Å²) in [6.45, 7) is 6.72. The number of fused-ring (bicyclic) bond motifs is 4. The van der Waals surface area contributed by atoms with E-state index in [2.05, 4.69) is 91.9 Å². The van der Waals surface area contributed by atoms with E-state index in [9.17, 15) is 60.0 Å². The molecular weight excluding hydrogens is 1570 g/mol. The van der Waals surface area contributed by atoms with E-state index < -0.39 is 50.1 Å². The van der Waals surface area contributed by atoms with Crippen molar-refractivity contribution in [3.63, 3.8) is 0 Å². The van der Waals surface area contributed by atoms with Gasteiger partial charge in [0.25, 0.3) is 0 Å². The van der Waals surface area contributed by atoms with Crippen molar-refractivity contribution >= 4 is 92.3 Å². The number of carbonyl (C=O) groups excluding carboxylic acids is 4. The molecule has 572 valence electrons. The van der Waals surface area contributed by atoms with Crippen LogP contribution in [0.25, 0.3) is 43.6 Å². The molecule has 106 heavy (non-hydrogen) atoms. The number of aliphatic carboxylic acids is 4. The van der Waals surface area contributed by atoms with E-state index in [1.807, 2.05) is 122 Å². The van der Waals surface area contributed by atoms with Gasteiger partial charge in [-0.25, -0.2) is 0 Å². The molecule has 0 aliphatic carbocycles. The van der Waals surface area contributed by atoms with Gasteiger partial charge in [0.2, 0.25) is 0 Å². The number of hydrogen-bond donors (Lipinski definition) is 0. The molecule has 26 nitrogen and oxygen atoms in total. The molecule has 0 spiro atoms. The van der Waals surface area contributed by atoms with Gasteiger partial charge in [-0.15, -0.1) is 23.0 Å². The number of benzene rings is 8. The molecule has 4 heterocycles. The second kappa shape index (κ2) is 59.4. The summed E-state index contributed by atoms with van der Waals surface area (Å²) in [5.41, 5.74) is 11.0. The Bertz CT molecular complexity index is 4040. The number of rotatable bonds is 12. The third-order valence-electron chi connectivity index (χ3n) is 12.9. The molecule has 0 fully saturated rings. The van der Waals surface area contributed by atoms with Crippen LogP contribution in [0.15, 0.2) is 263 Å². The minimum absolute atomic E-state index is 0. The van der Waals surface area contributed by atoms with Crippen LogP contribution in [-0.2, 0) is 87.5 Å². The van der Waals surface area contributed by atoms with Crippen molar-refractivity contribution in [1.29, 1.82) is 0 Å². The van der Waals surface area contributed by atoms with Crippen molar-refractivity contribution in [3.05, 3.63) is 288 Å².